The van der Waals surface area contributed by atoms with E-state index in [2.05, 4.69) is 20.0 Å². The third kappa shape index (κ3) is 4.15. The van der Waals surface area contributed by atoms with E-state index >= 15 is 0 Å². The van der Waals surface area contributed by atoms with Crippen LogP contribution in [0.2, 0.25) is 0 Å². The van der Waals surface area contributed by atoms with Crippen LogP contribution in [0.4, 0.5) is 11.6 Å². The lowest BCUT2D eigenvalue weighted by Crippen LogP contribution is -2.16. The smallest absolute Gasteiger partial charge is 0.291 e. The Kier molecular flexibility index (Phi) is 4.96. The monoisotopic (exact) mass is 422 g/mol. The van der Waals surface area contributed by atoms with Gasteiger partial charge in [0.2, 0.25) is 5.95 Å². The lowest BCUT2D eigenvalue weighted by molar-refractivity contribution is 0.0998. The molecule has 0 saturated heterocycles. The van der Waals surface area contributed by atoms with E-state index < -0.39 is 15.9 Å². The van der Waals surface area contributed by atoms with Crippen LogP contribution < -0.4 is 10.0 Å². The van der Waals surface area contributed by atoms with E-state index in [0.717, 1.165) is 5.39 Å². The number of furan rings is 1. The summed E-state index contributed by atoms with van der Waals surface area (Å²) in [4.78, 5) is 20.6. The SMILES string of the molecule is Cc1cc(C)nc(NS(=O)(=O)c2ccc(NC(=O)c3cc4ccccc4o3)cc2)n1. The maximum Gasteiger partial charge on any atom is 0.291 e. The Morgan fingerprint density at radius 1 is 0.933 bits per heavy atom. The van der Waals surface area contributed by atoms with Gasteiger partial charge in [-0.15, -0.1) is 0 Å². The molecule has 0 bridgehead atoms. The molecule has 0 saturated carbocycles. The van der Waals surface area contributed by atoms with Gasteiger partial charge in [-0.3, -0.25) is 4.79 Å². The number of aryl methyl sites for hydroxylation is 2. The maximum atomic E-state index is 12.6. The molecule has 0 atom stereocenters. The third-order valence-corrected chi connectivity index (χ3v) is 5.62. The standard InChI is InChI=1S/C21H18N4O4S/c1-13-11-14(2)23-21(22-13)25-30(27,28)17-9-7-16(8-10-17)24-20(26)19-12-15-5-3-4-6-18(15)29-19/h3-12H,1-2H3,(H,24,26)(H,22,23,25). The minimum absolute atomic E-state index is 0.00904. The molecule has 0 aliphatic heterocycles. The number of hydrogen-bond acceptors (Lipinski definition) is 6. The number of carbonyl (C=O) groups is 1. The van der Waals surface area contributed by atoms with Crippen LogP contribution in [0.25, 0.3) is 11.0 Å². The molecule has 4 rings (SSSR count). The predicted octanol–water partition coefficient (Wildman–Crippen LogP) is 3.89. The summed E-state index contributed by atoms with van der Waals surface area (Å²) < 4.78 is 33.1. The molecule has 0 aliphatic carbocycles. The molecule has 0 aliphatic rings. The largest absolute Gasteiger partial charge is 0.451 e. The number of hydrogen-bond donors (Lipinski definition) is 2. The number of nitrogens with zero attached hydrogens (tertiary/aromatic N) is 2. The Morgan fingerprint density at radius 2 is 1.60 bits per heavy atom. The highest BCUT2D eigenvalue weighted by Gasteiger charge is 2.17. The van der Waals surface area contributed by atoms with E-state index in [0.29, 0.717) is 22.7 Å². The highest BCUT2D eigenvalue weighted by molar-refractivity contribution is 7.92. The maximum absolute atomic E-state index is 12.6. The summed E-state index contributed by atoms with van der Waals surface area (Å²) in [6.07, 6.45) is 0. The molecule has 9 heteroatoms. The molecule has 4 aromatic rings. The molecule has 152 valence electrons. The molecule has 8 nitrogen and oxygen atoms in total. The summed E-state index contributed by atoms with van der Waals surface area (Å²) in [5.41, 5.74) is 2.36. The van der Waals surface area contributed by atoms with Gasteiger partial charge >= 0.3 is 0 Å². The Balaban J connectivity index is 1.49. The van der Waals surface area contributed by atoms with Gasteiger partial charge in [-0.05, 0) is 56.3 Å². The summed E-state index contributed by atoms with van der Waals surface area (Å²) in [6.45, 7) is 3.51. The fourth-order valence-electron chi connectivity index (χ4n) is 2.95. The normalized spacial score (nSPS) is 11.4. The quantitative estimate of drug-likeness (QED) is 0.504. The second kappa shape index (κ2) is 7.60. The van der Waals surface area contributed by atoms with E-state index in [4.69, 9.17) is 4.42 Å². The predicted molar refractivity (Wildman–Crippen MR) is 113 cm³/mol. The highest BCUT2D eigenvalue weighted by Crippen LogP contribution is 2.21. The van der Waals surface area contributed by atoms with Crippen molar-refractivity contribution < 1.29 is 17.6 Å². The van der Waals surface area contributed by atoms with Gasteiger partial charge in [-0.25, -0.2) is 23.1 Å². The highest BCUT2D eigenvalue weighted by atomic mass is 32.2. The van der Waals surface area contributed by atoms with Crippen molar-refractivity contribution in [1.82, 2.24) is 9.97 Å². The van der Waals surface area contributed by atoms with Crippen molar-refractivity contribution in [2.75, 3.05) is 10.0 Å². The van der Waals surface area contributed by atoms with Crippen molar-refractivity contribution in [1.29, 1.82) is 0 Å². The number of anilines is 2. The van der Waals surface area contributed by atoms with Crippen molar-refractivity contribution in [2.45, 2.75) is 18.7 Å². The molecule has 2 aromatic heterocycles. The minimum atomic E-state index is -3.87. The van der Waals surface area contributed by atoms with Crippen LogP contribution in [0.3, 0.4) is 0 Å². The van der Waals surface area contributed by atoms with Gasteiger partial charge in [0.05, 0.1) is 4.90 Å². The average Bonchev–Trinajstić information content (AvgIpc) is 3.11. The zero-order chi connectivity index (χ0) is 21.3. The van der Waals surface area contributed by atoms with E-state index in [9.17, 15) is 13.2 Å². The number of aromatic nitrogens is 2. The van der Waals surface area contributed by atoms with Crippen LogP contribution in [0.1, 0.15) is 21.9 Å². The second-order valence-corrected chi connectivity index (χ2v) is 8.39. The molecule has 0 unspecified atom stereocenters. The number of benzene rings is 2. The number of amides is 1. The summed E-state index contributed by atoms with van der Waals surface area (Å²) in [7, 11) is -3.87. The van der Waals surface area contributed by atoms with Crippen molar-refractivity contribution in [3.8, 4) is 0 Å². The van der Waals surface area contributed by atoms with E-state index in [1.807, 2.05) is 18.2 Å². The Hall–Kier alpha value is -3.72. The number of fused-ring (bicyclic) bond motifs is 1. The molecule has 0 fully saturated rings. The first-order valence-electron chi connectivity index (χ1n) is 9.05. The summed E-state index contributed by atoms with van der Waals surface area (Å²) in [6, 6.07) is 16.5. The zero-order valence-corrected chi connectivity index (χ0v) is 17.0. The van der Waals surface area contributed by atoms with Crippen LogP contribution >= 0.6 is 0 Å². The molecule has 1 amide bonds. The average molecular weight is 422 g/mol. The number of sulfonamides is 1. The number of nitrogens with one attached hydrogen (secondary N) is 2. The Labute approximate surface area is 173 Å². The molecule has 2 heterocycles. The van der Waals surface area contributed by atoms with E-state index in [1.54, 1.807) is 32.0 Å². The van der Waals surface area contributed by atoms with E-state index in [1.165, 1.54) is 24.3 Å². The van der Waals surface area contributed by atoms with Crippen LogP contribution in [0.15, 0.2) is 70.0 Å². The van der Waals surface area contributed by atoms with Gasteiger partial charge in [-0.1, -0.05) is 18.2 Å². The number of rotatable bonds is 5. The third-order valence-electron chi connectivity index (χ3n) is 4.28. The summed E-state index contributed by atoms with van der Waals surface area (Å²) in [5, 5.41) is 3.51. The van der Waals surface area contributed by atoms with Gasteiger partial charge < -0.3 is 9.73 Å². The number of para-hydroxylation sites is 1. The summed E-state index contributed by atoms with van der Waals surface area (Å²) in [5.74, 6) is -0.250. The molecule has 0 radical (unpaired) electrons. The molecule has 0 spiro atoms. The lowest BCUT2D eigenvalue weighted by atomic mass is 10.2. The Bertz CT molecular complexity index is 1290. The molecular weight excluding hydrogens is 404 g/mol. The van der Waals surface area contributed by atoms with Crippen LogP contribution in [0.5, 0.6) is 0 Å². The van der Waals surface area contributed by atoms with Gasteiger partial charge in [0.15, 0.2) is 5.76 Å². The van der Waals surface area contributed by atoms with E-state index in [-0.39, 0.29) is 16.6 Å². The zero-order valence-electron chi connectivity index (χ0n) is 16.2. The van der Waals surface area contributed by atoms with Crippen molar-refractivity contribution in [3.05, 3.63) is 77.8 Å². The van der Waals surface area contributed by atoms with Crippen molar-refractivity contribution in [3.63, 3.8) is 0 Å². The first-order chi connectivity index (χ1) is 14.3. The molecular formula is C21H18N4O4S. The lowest BCUT2D eigenvalue weighted by Gasteiger charge is -2.09. The topological polar surface area (TPSA) is 114 Å². The fourth-order valence-corrected chi connectivity index (χ4v) is 3.90. The van der Waals surface area contributed by atoms with Gasteiger partial charge in [-0.2, -0.15) is 0 Å². The first kappa shape index (κ1) is 19.6. The minimum Gasteiger partial charge on any atom is -0.451 e. The van der Waals surface area contributed by atoms with Crippen LogP contribution in [0, 0.1) is 13.8 Å². The van der Waals surface area contributed by atoms with Gasteiger partial charge in [0.1, 0.15) is 5.58 Å². The van der Waals surface area contributed by atoms with Gasteiger partial charge in [0.25, 0.3) is 15.9 Å². The molecule has 30 heavy (non-hydrogen) atoms. The van der Waals surface area contributed by atoms with Crippen molar-refractivity contribution in [2.24, 2.45) is 0 Å². The fraction of sp³-hybridized carbons (Fsp3) is 0.0952. The Morgan fingerprint density at radius 3 is 2.27 bits per heavy atom. The van der Waals surface area contributed by atoms with Crippen LogP contribution in [-0.4, -0.2) is 24.3 Å². The second-order valence-electron chi connectivity index (χ2n) is 6.71. The number of carbonyl (C=O) groups excluding carboxylic acids is 1. The molecule has 2 N–H and O–H groups in total. The van der Waals surface area contributed by atoms with Crippen LogP contribution in [-0.2, 0) is 10.0 Å². The summed E-state index contributed by atoms with van der Waals surface area (Å²) >= 11 is 0. The molecule has 2 aromatic carbocycles. The van der Waals surface area contributed by atoms with Crippen molar-refractivity contribution >= 4 is 38.5 Å². The van der Waals surface area contributed by atoms with Gasteiger partial charge in [0, 0.05) is 22.5 Å². The first-order valence-corrected chi connectivity index (χ1v) is 10.5.